The van der Waals surface area contributed by atoms with Crippen molar-refractivity contribution in [2.75, 3.05) is 20.3 Å². The van der Waals surface area contributed by atoms with Crippen LogP contribution in [0.4, 0.5) is 0 Å². The number of rotatable bonds is 6. The molecule has 0 radical (unpaired) electrons. The topological polar surface area (TPSA) is 30.5 Å². The van der Waals surface area contributed by atoms with Crippen molar-refractivity contribution in [1.29, 1.82) is 0 Å². The van der Waals surface area contributed by atoms with E-state index in [0.29, 0.717) is 0 Å². The van der Waals surface area contributed by atoms with Gasteiger partial charge in [-0.3, -0.25) is 0 Å². The highest BCUT2D eigenvalue weighted by Crippen LogP contribution is 2.27. The summed E-state index contributed by atoms with van der Waals surface area (Å²) in [7, 11) is 1.97. The lowest BCUT2D eigenvalue weighted by molar-refractivity contribution is -0.0578. The summed E-state index contributed by atoms with van der Waals surface area (Å²) in [4.78, 5) is 0. The van der Waals surface area contributed by atoms with Gasteiger partial charge in [0, 0.05) is 6.61 Å². The molecule has 0 bridgehead atoms. The zero-order valence-corrected chi connectivity index (χ0v) is 11.0. The van der Waals surface area contributed by atoms with Gasteiger partial charge in [0.15, 0.2) is 0 Å². The minimum absolute atomic E-state index is 0.151. The molecule has 0 aliphatic carbocycles. The quantitative estimate of drug-likeness (QED) is 0.756. The Morgan fingerprint density at radius 2 is 2.31 bits per heavy atom. The number of likely N-dealkylation sites (N-methyl/N-ethyl adjacent to an activating group) is 1. The maximum absolute atomic E-state index is 5.90. The van der Waals surface area contributed by atoms with Crippen molar-refractivity contribution in [1.82, 2.24) is 5.32 Å². The van der Waals surface area contributed by atoms with Gasteiger partial charge < -0.3 is 14.8 Å². The summed E-state index contributed by atoms with van der Waals surface area (Å²) < 4.78 is 11.6. The molecular weight excluding hydrogens is 202 g/mol. The molecule has 0 amide bonds. The van der Waals surface area contributed by atoms with E-state index in [9.17, 15) is 0 Å². The van der Waals surface area contributed by atoms with E-state index in [1.807, 2.05) is 14.0 Å². The Balaban J connectivity index is 2.81. The summed E-state index contributed by atoms with van der Waals surface area (Å²) in [5.74, 6) is 1.05. The van der Waals surface area contributed by atoms with E-state index in [4.69, 9.17) is 9.47 Å². The lowest BCUT2D eigenvalue weighted by atomic mass is 9.90. The van der Waals surface area contributed by atoms with E-state index in [1.165, 1.54) is 0 Å². The summed E-state index contributed by atoms with van der Waals surface area (Å²) in [6, 6.07) is 0.151. The molecule has 0 aromatic carbocycles. The molecule has 0 spiro atoms. The van der Waals surface area contributed by atoms with Gasteiger partial charge in [-0.05, 0) is 46.2 Å². The van der Waals surface area contributed by atoms with Crippen LogP contribution in [-0.2, 0) is 9.47 Å². The second-order valence-corrected chi connectivity index (χ2v) is 4.42. The van der Waals surface area contributed by atoms with Gasteiger partial charge in [0.1, 0.15) is 5.76 Å². The van der Waals surface area contributed by atoms with Crippen LogP contribution in [0.3, 0.4) is 0 Å². The molecule has 1 aliphatic heterocycles. The molecule has 2 atom stereocenters. The van der Waals surface area contributed by atoms with Crippen LogP contribution in [0.2, 0.25) is 0 Å². The lowest BCUT2D eigenvalue weighted by Gasteiger charge is -2.38. The van der Waals surface area contributed by atoms with Gasteiger partial charge in [0.05, 0.1) is 18.2 Å². The molecule has 0 aromatic heterocycles. The molecule has 2 unspecified atom stereocenters. The molecule has 0 saturated carbocycles. The third kappa shape index (κ3) is 2.98. The fraction of sp³-hybridized carbons (Fsp3) is 0.846. The third-order valence-corrected chi connectivity index (χ3v) is 3.32. The first-order chi connectivity index (χ1) is 7.68. The Bertz CT molecular complexity index is 240. The SMILES string of the molecule is CCOC(C)(CC)C(NC)C1=CCCCO1. The normalized spacial score (nSPS) is 21.9. The number of allylic oxidation sites excluding steroid dienone is 1. The van der Waals surface area contributed by atoms with Crippen LogP contribution in [0.25, 0.3) is 0 Å². The minimum atomic E-state index is -0.188. The van der Waals surface area contributed by atoms with Gasteiger partial charge in [0.2, 0.25) is 0 Å². The van der Waals surface area contributed by atoms with Crippen molar-refractivity contribution >= 4 is 0 Å². The molecule has 0 fully saturated rings. The van der Waals surface area contributed by atoms with Crippen LogP contribution in [0.15, 0.2) is 11.8 Å². The molecule has 1 N–H and O–H groups in total. The highest BCUT2D eigenvalue weighted by atomic mass is 16.5. The molecule has 3 heteroatoms. The second-order valence-electron chi connectivity index (χ2n) is 4.42. The van der Waals surface area contributed by atoms with E-state index in [-0.39, 0.29) is 11.6 Å². The monoisotopic (exact) mass is 227 g/mol. The van der Waals surface area contributed by atoms with E-state index in [1.54, 1.807) is 0 Å². The summed E-state index contributed by atoms with van der Waals surface area (Å²) in [5, 5.41) is 3.33. The summed E-state index contributed by atoms with van der Waals surface area (Å²) in [6.45, 7) is 7.91. The van der Waals surface area contributed by atoms with Crippen molar-refractivity contribution in [3.05, 3.63) is 11.8 Å². The summed E-state index contributed by atoms with van der Waals surface area (Å²) >= 11 is 0. The van der Waals surface area contributed by atoms with Crippen LogP contribution in [0, 0.1) is 0 Å². The number of nitrogens with one attached hydrogen (secondary N) is 1. The van der Waals surface area contributed by atoms with Gasteiger partial charge >= 0.3 is 0 Å². The average molecular weight is 227 g/mol. The standard InChI is InChI=1S/C13H25NO2/c1-5-13(3,16-6-2)12(14-4)11-9-7-8-10-15-11/h9,12,14H,5-8,10H2,1-4H3. The zero-order valence-electron chi connectivity index (χ0n) is 11.0. The first kappa shape index (κ1) is 13.5. The number of hydrogen-bond donors (Lipinski definition) is 1. The molecule has 94 valence electrons. The van der Waals surface area contributed by atoms with E-state index in [2.05, 4.69) is 25.2 Å². The molecule has 16 heavy (non-hydrogen) atoms. The Morgan fingerprint density at radius 3 is 2.75 bits per heavy atom. The zero-order chi connectivity index (χ0) is 12.0. The van der Waals surface area contributed by atoms with E-state index < -0.39 is 0 Å². The molecule has 0 aromatic rings. The fourth-order valence-electron chi connectivity index (χ4n) is 2.25. The first-order valence-electron chi connectivity index (χ1n) is 6.32. The Hall–Kier alpha value is -0.540. The van der Waals surface area contributed by atoms with Crippen LogP contribution < -0.4 is 5.32 Å². The Labute approximate surface area is 99.2 Å². The van der Waals surface area contributed by atoms with Crippen LogP contribution in [0.1, 0.15) is 40.0 Å². The van der Waals surface area contributed by atoms with E-state index in [0.717, 1.165) is 38.2 Å². The van der Waals surface area contributed by atoms with Gasteiger partial charge in [0.25, 0.3) is 0 Å². The van der Waals surface area contributed by atoms with Crippen molar-refractivity contribution in [3.63, 3.8) is 0 Å². The largest absolute Gasteiger partial charge is 0.496 e. The summed E-state index contributed by atoms with van der Waals surface area (Å²) in [5.41, 5.74) is -0.188. The van der Waals surface area contributed by atoms with Gasteiger partial charge in [-0.15, -0.1) is 0 Å². The van der Waals surface area contributed by atoms with Crippen LogP contribution >= 0.6 is 0 Å². The average Bonchev–Trinajstić information content (AvgIpc) is 2.31. The third-order valence-electron chi connectivity index (χ3n) is 3.32. The number of ether oxygens (including phenoxy) is 2. The van der Waals surface area contributed by atoms with Crippen LogP contribution in [-0.4, -0.2) is 31.9 Å². The molecule has 1 heterocycles. The Kier molecular flexibility index (Phi) is 5.29. The maximum Gasteiger partial charge on any atom is 0.112 e. The van der Waals surface area contributed by atoms with Crippen molar-refractivity contribution in [3.8, 4) is 0 Å². The predicted molar refractivity (Wildman–Crippen MR) is 66.4 cm³/mol. The van der Waals surface area contributed by atoms with Crippen molar-refractivity contribution in [2.45, 2.75) is 51.7 Å². The fourth-order valence-corrected chi connectivity index (χ4v) is 2.25. The maximum atomic E-state index is 5.90. The molecule has 1 aliphatic rings. The van der Waals surface area contributed by atoms with Crippen LogP contribution in [0.5, 0.6) is 0 Å². The minimum Gasteiger partial charge on any atom is -0.496 e. The number of hydrogen-bond acceptors (Lipinski definition) is 3. The van der Waals surface area contributed by atoms with Crippen molar-refractivity contribution < 1.29 is 9.47 Å². The first-order valence-corrected chi connectivity index (χ1v) is 6.32. The predicted octanol–water partition coefficient (Wildman–Crippen LogP) is 2.47. The lowest BCUT2D eigenvalue weighted by Crippen LogP contribution is -2.51. The molecule has 3 nitrogen and oxygen atoms in total. The van der Waals surface area contributed by atoms with E-state index >= 15 is 0 Å². The molecule has 0 saturated heterocycles. The molecule has 1 rings (SSSR count). The summed E-state index contributed by atoms with van der Waals surface area (Å²) in [6.07, 6.45) is 5.39. The van der Waals surface area contributed by atoms with Gasteiger partial charge in [-0.1, -0.05) is 6.92 Å². The van der Waals surface area contributed by atoms with Crippen molar-refractivity contribution in [2.24, 2.45) is 0 Å². The molecular formula is C13H25NO2. The smallest absolute Gasteiger partial charge is 0.112 e. The highest BCUT2D eigenvalue weighted by molar-refractivity contribution is 5.12. The highest BCUT2D eigenvalue weighted by Gasteiger charge is 2.36. The Morgan fingerprint density at radius 1 is 1.56 bits per heavy atom. The second kappa shape index (κ2) is 6.26. The van der Waals surface area contributed by atoms with Gasteiger partial charge in [-0.2, -0.15) is 0 Å². The van der Waals surface area contributed by atoms with Gasteiger partial charge in [-0.25, -0.2) is 0 Å².